The lowest BCUT2D eigenvalue weighted by Crippen LogP contribution is -2.21. The zero-order chi connectivity index (χ0) is 15.9. The van der Waals surface area contributed by atoms with Crippen molar-refractivity contribution in [2.45, 2.75) is 31.7 Å². The maximum Gasteiger partial charge on any atom is 0.218 e. The summed E-state index contributed by atoms with van der Waals surface area (Å²) in [6.07, 6.45) is 3.52. The van der Waals surface area contributed by atoms with Gasteiger partial charge in [-0.2, -0.15) is 0 Å². The summed E-state index contributed by atoms with van der Waals surface area (Å²) >= 11 is 0. The highest BCUT2D eigenvalue weighted by molar-refractivity contribution is 5.30. The number of rotatable bonds is 7. The molecule has 1 aliphatic heterocycles. The number of benzene rings is 1. The molecule has 0 amide bonds. The second-order valence-electron chi connectivity index (χ2n) is 5.55. The molecule has 0 unspecified atom stereocenters. The van der Waals surface area contributed by atoms with Gasteiger partial charge in [-0.05, 0) is 18.4 Å². The Labute approximate surface area is 135 Å². The zero-order valence-corrected chi connectivity index (χ0v) is 12.9. The van der Waals surface area contributed by atoms with Crippen LogP contribution in [0.5, 0.6) is 5.88 Å². The van der Waals surface area contributed by atoms with Crippen molar-refractivity contribution in [2.75, 3.05) is 18.9 Å². The van der Waals surface area contributed by atoms with Gasteiger partial charge < -0.3 is 19.9 Å². The van der Waals surface area contributed by atoms with E-state index in [1.54, 1.807) is 6.07 Å². The van der Waals surface area contributed by atoms with Gasteiger partial charge >= 0.3 is 0 Å². The van der Waals surface area contributed by atoms with E-state index in [1.807, 2.05) is 18.2 Å². The number of ether oxygens (including phenoxy) is 3. The minimum absolute atomic E-state index is 0.0662. The van der Waals surface area contributed by atoms with E-state index in [1.165, 1.54) is 11.9 Å². The van der Waals surface area contributed by atoms with Crippen LogP contribution in [0, 0.1) is 0 Å². The third-order valence-electron chi connectivity index (χ3n) is 3.69. The SMILES string of the molecule is Nc1cc(OC[C@H]2CC[C@@H](COCc3ccccc3)O2)ncn1. The Balaban J connectivity index is 1.35. The monoisotopic (exact) mass is 315 g/mol. The largest absolute Gasteiger partial charge is 0.475 e. The summed E-state index contributed by atoms with van der Waals surface area (Å²) in [6.45, 7) is 1.68. The molecule has 1 saturated heterocycles. The van der Waals surface area contributed by atoms with Crippen LogP contribution >= 0.6 is 0 Å². The van der Waals surface area contributed by atoms with Gasteiger partial charge in [0.1, 0.15) is 18.8 Å². The summed E-state index contributed by atoms with van der Waals surface area (Å²) in [6, 6.07) is 11.7. The lowest BCUT2D eigenvalue weighted by Gasteiger charge is -2.14. The van der Waals surface area contributed by atoms with Gasteiger partial charge in [-0.25, -0.2) is 9.97 Å². The third-order valence-corrected chi connectivity index (χ3v) is 3.69. The summed E-state index contributed by atoms with van der Waals surface area (Å²) < 4.78 is 17.3. The summed E-state index contributed by atoms with van der Waals surface area (Å²) in [4.78, 5) is 7.84. The summed E-state index contributed by atoms with van der Waals surface area (Å²) in [7, 11) is 0. The topological polar surface area (TPSA) is 79.5 Å². The highest BCUT2D eigenvalue weighted by atomic mass is 16.6. The zero-order valence-electron chi connectivity index (χ0n) is 12.9. The molecule has 23 heavy (non-hydrogen) atoms. The van der Waals surface area contributed by atoms with Gasteiger partial charge in [0, 0.05) is 6.07 Å². The lowest BCUT2D eigenvalue weighted by molar-refractivity contribution is -0.0322. The minimum Gasteiger partial charge on any atom is -0.475 e. The molecular weight excluding hydrogens is 294 g/mol. The van der Waals surface area contributed by atoms with Gasteiger partial charge in [-0.1, -0.05) is 30.3 Å². The van der Waals surface area contributed by atoms with Crippen molar-refractivity contribution >= 4 is 5.82 Å². The van der Waals surface area contributed by atoms with Gasteiger partial charge in [0.05, 0.1) is 25.4 Å². The molecule has 0 spiro atoms. The molecule has 2 heterocycles. The molecule has 6 heteroatoms. The van der Waals surface area contributed by atoms with Crippen LogP contribution in [0.3, 0.4) is 0 Å². The van der Waals surface area contributed by atoms with Crippen LogP contribution in [0.4, 0.5) is 5.82 Å². The van der Waals surface area contributed by atoms with Crippen molar-refractivity contribution in [2.24, 2.45) is 0 Å². The molecule has 3 rings (SSSR count). The first-order valence-electron chi connectivity index (χ1n) is 7.77. The van der Waals surface area contributed by atoms with E-state index in [0.29, 0.717) is 31.5 Å². The Hall–Kier alpha value is -2.18. The number of nitrogens with two attached hydrogens (primary N) is 1. The van der Waals surface area contributed by atoms with Crippen LogP contribution in [0.15, 0.2) is 42.7 Å². The van der Waals surface area contributed by atoms with Gasteiger partial charge in [-0.3, -0.25) is 0 Å². The highest BCUT2D eigenvalue weighted by Crippen LogP contribution is 2.21. The molecule has 0 saturated carbocycles. The van der Waals surface area contributed by atoms with Gasteiger partial charge in [0.25, 0.3) is 0 Å². The van der Waals surface area contributed by atoms with E-state index in [4.69, 9.17) is 19.9 Å². The van der Waals surface area contributed by atoms with Crippen LogP contribution in [0.1, 0.15) is 18.4 Å². The third kappa shape index (κ3) is 4.91. The van der Waals surface area contributed by atoms with E-state index in [9.17, 15) is 0 Å². The summed E-state index contributed by atoms with van der Waals surface area (Å²) in [5.74, 6) is 0.874. The fraction of sp³-hybridized carbons (Fsp3) is 0.412. The maximum atomic E-state index is 5.93. The average Bonchev–Trinajstić information content (AvgIpc) is 3.02. The number of nitrogen functional groups attached to an aromatic ring is 1. The van der Waals surface area contributed by atoms with Crippen LogP contribution in [-0.4, -0.2) is 35.4 Å². The Morgan fingerprint density at radius 2 is 1.87 bits per heavy atom. The second kappa shape index (κ2) is 7.89. The van der Waals surface area contributed by atoms with Gasteiger partial charge in [0.2, 0.25) is 5.88 Å². The molecule has 1 aromatic carbocycles. The molecular formula is C17H21N3O3. The number of hydrogen-bond acceptors (Lipinski definition) is 6. The van der Waals surface area contributed by atoms with Crippen molar-refractivity contribution in [3.63, 3.8) is 0 Å². The smallest absolute Gasteiger partial charge is 0.218 e. The Bertz CT molecular complexity index is 609. The standard InChI is InChI=1S/C17H21N3O3/c18-16-8-17(20-12-19-16)22-11-15-7-6-14(23-15)10-21-9-13-4-2-1-3-5-13/h1-5,8,12,14-15H,6-7,9-11H2,(H2,18,19,20)/t14-,15+/m0/s1. The minimum atomic E-state index is 0.0662. The van der Waals surface area contributed by atoms with Gasteiger partial charge in [-0.15, -0.1) is 0 Å². The Morgan fingerprint density at radius 3 is 2.65 bits per heavy atom. The van der Waals surface area contributed by atoms with E-state index in [2.05, 4.69) is 22.1 Å². The van der Waals surface area contributed by atoms with E-state index in [0.717, 1.165) is 12.8 Å². The number of aromatic nitrogens is 2. The van der Waals surface area contributed by atoms with Crippen LogP contribution in [0.2, 0.25) is 0 Å². The van der Waals surface area contributed by atoms with Crippen molar-refractivity contribution in [3.8, 4) is 5.88 Å². The Kier molecular flexibility index (Phi) is 5.39. The molecule has 0 radical (unpaired) electrons. The number of hydrogen-bond donors (Lipinski definition) is 1. The molecule has 2 N–H and O–H groups in total. The predicted molar refractivity (Wildman–Crippen MR) is 85.9 cm³/mol. The van der Waals surface area contributed by atoms with E-state index < -0.39 is 0 Å². The van der Waals surface area contributed by atoms with Crippen molar-refractivity contribution in [1.29, 1.82) is 0 Å². The molecule has 2 aromatic rings. The predicted octanol–water partition coefficient (Wildman–Crippen LogP) is 2.20. The summed E-state index contributed by atoms with van der Waals surface area (Å²) in [5.41, 5.74) is 6.76. The molecule has 0 bridgehead atoms. The van der Waals surface area contributed by atoms with Crippen molar-refractivity contribution in [3.05, 3.63) is 48.3 Å². The van der Waals surface area contributed by atoms with Gasteiger partial charge in [0.15, 0.2) is 0 Å². The molecule has 1 fully saturated rings. The second-order valence-corrected chi connectivity index (χ2v) is 5.55. The first kappa shape index (κ1) is 15.7. The number of nitrogens with zero attached hydrogens (tertiary/aromatic N) is 2. The quantitative estimate of drug-likeness (QED) is 0.844. The fourth-order valence-electron chi connectivity index (χ4n) is 2.52. The normalized spacial score (nSPS) is 20.5. The van der Waals surface area contributed by atoms with E-state index >= 15 is 0 Å². The fourth-order valence-corrected chi connectivity index (χ4v) is 2.52. The first-order valence-corrected chi connectivity index (χ1v) is 7.77. The molecule has 1 aromatic heterocycles. The summed E-state index contributed by atoms with van der Waals surface area (Å²) in [5, 5.41) is 0. The van der Waals surface area contributed by atoms with Crippen LogP contribution in [-0.2, 0) is 16.1 Å². The maximum absolute atomic E-state index is 5.93. The molecule has 122 valence electrons. The molecule has 6 nitrogen and oxygen atoms in total. The van der Waals surface area contributed by atoms with Crippen LogP contribution < -0.4 is 10.5 Å². The molecule has 2 atom stereocenters. The van der Waals surface area contributed by atoms with Crippen LogP contribution in [0.25, 0.3) is 0 Å². The van der Waals surface area contributed by atoms with Crippen molar-refractivity contribution < 1.29 is 14.2 Å². The van der Waals surface area contributed by atoms with E-state index in [-0.39, 0.29) is 12.2 Å². The first-order chi connectivity index (χ1) is 11.3. The molecule has 1 aliphatic rings. The lowest BCUT2D eigenvalue weighted by atomic mass is 10.2. The average molecular weight is 315 g/mol. The Morgan fingerprint density at radius 1 is 1.09 bits per heavy atom. The van der Waals surface area contributed by atoms with Crippen molar-refractivity contribution in [1.82, 2.24) is 9.97 Å². The highest BCUT2D eigenvalue weighted by Gasteiger charge is 2.26. The molecule has 0 aliphatic carbocycles. The number of anilines is 1.